The molecule has 0 radical (unpaired) electrons. The number of fused-ring (bicyclic) bond motifs is 1. The van der Waals surface area contributed by atoms with Gasteiger partial charge in [0.25, 0.3) is 10.0 Å². The van der Waals surface area contributed by atoms with E-state index in [4.69, 9.17) is 9.26 Å². The van der Waals surface area contributed by atoms with Crippen molar-refractivity contribution in [2.24, 2.45) is 0 Å². The molecule has 0 aliphatic carbocycles. The van der Waals surface area contributed by atoms with Crippen LogP contribution in [0.2, 0.25) is 0 Å². The molecule has 174 valence electrons. The summed E-state index contributed by atoms with van der Waals surface area (Å²) in [6.45, 7) is 4.76. The predicted molar refractivity (Wildman–Crippen MR) is 127 cm³/mol. The van der Waals surface area contributed by atoms with E-state index in [2.05, 4.69) is 15.2 Å². The number of ether oxygens (including phenoxy) is 1. The van der Waals surface area contributed by atoms with Crippen molar-refractivity contribution in [3.8, 4) is 22.3 Å². The molecule has 1 aromatic carbocycles. The molecule has 0 aliphatic rings. The van der Waals surface area contributed by atoms with Crippen LogP contribution in [0.4, 0.5) is 0 Å². The van der Waals surface area contributed by atoms with Gasteiger partial charge in [0.1, 0.15) is 5.76 Å². The van der Waals surface area contributed by atoms with Gasteiger partial charge in [-0.05, 0) is 32.0 Å². The standard InChI is InChI=1S/C24H23N5O4S/c1-16-23(17(2)33-27-16)18-11-22-24(25-12-18)21(19-13-26-28(14-19)9-10-32-3)15-29(22)34(30,31)20-7-5-4-6-8-20/h4-8,11-15H,9-10H2,1-3H3. The molecule has 0 saturated heterocycles. The lowest BCUT2D eigenvalue weighted by atomic mass is 10.1. The van der Waals surface area contributed by atoms with Crippen LogP contribution >= 0.6 is 0 Å². The number of benzene rings is 1. The predicted octanol–water partition coefficient (Wildman–Crippen LogP) is 4.06. The van der Waals surface area contributed by atoms with Crippen LogP contribution in [0.25, 0.3) is 33.3 Å². The summed E-state index contributed by atoms with van der Waals surface area (Å²) in [5.41, 5.74) is 4.69. The monoisotopic (exact) mass is 477 g/mol. The maximum atomic E-state index is 13.6. The molecule has 0 spiro atoms. The third kappa shape index (κ3) is 3.70. The highest BCUT2D eigenvalue weighted by atomic mass is 32.2. The normalized spacial score (nSPS) is 12.0. The first-order valence-electron chi connectivity index (χ1n) is 10.7. The average molecular weight is 478 g/mol. The topological polar surface area (TPSA) is 105 Å². The number of hydrogen-bond acceptors (Lipinski definition) is 7. The number of aryl methyl sites for hydroxylation is 2. The minimum atomic E-state index is -3.88. The van der Waals surface area contributed by atoms with E-state index in [1.807, 2.05) is 26.1 Å². The maximum absolute atomic E-state index is 13.6. The highest BCUT2D eigenvalue weighted by Gasteiger charge is 2.24. The third-order valence-electron chi connectivity index (χ3n) is 5.70. The van der Waals surface area contributed by atoms with Crippen LogP contribution in [0.5, 0.6) is 0 Å². The number of aromatic nitrogens is 5. The highest BCUT2D eigenvalue weighted by molar-refractivity contribution is 7.90. The molecule has 5 aromatic rings. The number of pyridine rings is 1. The summed E-state index contributed by atoms with van der Waals surface area (Å²) >= 11 is 0. The quantitative estimate of drug-likeness (QED) is 0.348. The molecule has 9 nitrogen and oxygen atoms in total. The van der Waals surface area contributed by atoms with Gasteiger partial charge in [0.05, 0.1) is 41.0 Å². The van der Waals surface area contributed by atoms with E-state index in [1.54, 1.807) is 60.7 Å². The van der Waals surface area contributed by atoms with E-state index in [0.29, 0.717) is 41.2 Å². The molecule has 0 atom stereocenters. The third-order valence-corrected chi connectivity index (χ3v) is 7.39. The van der Waals surface area contributed by atoms with Crippen LogP contribution in [0.1, 0.15) is 11.5 Å². The number of methoxy groups -OCH3 is 1. The Kier molecular flexibility index (Phi) is 5.54. The molecule has 4 aromatic heterocycles. The van der Waals surface area contributed by atoms with Crippen molar-refractivity contribution in [1.29, 1.82) is 0 Å². The first kappa shape index (κ1) is 22.1. The van der Waals surface area contributed by atoms with Crippen molar-refractivity contribution in [2.45, 2.75) is 25.3 Å². The Labute approximate surface area is 196 Å². The molecule has 34 heavy (non-hydrogen) atoms. The van der Waals surface area contributed by atoms with E-state index in [-0.39, 0.29) is 4.90 Å². The lowest BCUT2D eigenvalue weighted by molar-refractivity contribution is 0.183. The largest absolute Gasteiger partial charge is 0.383 e. The van der Waals surface area contributed by atoms with Gasteiger partial charge in [-0.15, -0.1) is 0 Å². The molecular weight excluding hydrogens is 454 g/mol. The molecule has 5 rings (SSSR count). The minimum Gasteiger partial charge on any atom is -0.383 e. The summed E-state index contributed by atoms with van der Waals surface area (Å²) < 4.78 is 40.8. The molecule has 0 N–H and O–H groups in total. The fourth-order valence-corrected chi connectivity index (χ4v) is 5.40. The van der Waals surface area contributed by atoms with Gasteiger partial charge in [-0.1, -0.05) is 23.4 Å². The van der Waals surface area contributed by atoms with E-state index in [1.165, 1.54) is 3.97 Å². The molecule has 0 bridgehead atoms. The average Bonchev–Trinajstić information content (AvgIpc) is 3.55. The van der Waals surface area contributed by atoms with Gasteiger partial charge < -0.3 is 9.26 Å². The maximum Gasteiger partial charge on any atom is 0.268 e. The van der Waals surface area contributed by atoms with Crippen molar-refractivity contribution in [1.82, 2.24) is 23.9 Å². The van der Waals surface area contributed by atoms with Crippen LogP contribution < -0.4 is 0 Å². The van der Waals surface area contributed by atoms with E-state index < -0.39 is 10.0 Å². The summed E-state index contributed by atoms with van der Waals surface area (Å²) in [5.74, 6) is 0.641. The van der Waals surface area contributed by atoms with Gasteiger partial charge in [0.15, 0.2) is 0 Å². The summed E-state index contributed by atoms with van der Waals surface area (Å²) in [7, 11) is -2.24. The van der Waals surface area contributed by atoms with Gasteiger partial charge >= 0.3 is 0 Å². The van der Waals surface area contributed by atoms with Gasteiger partial charge in [-0.3, -0.25) is 9.67 Å². The fraction of sp³-hybridized carbons (Fsp3) is 0.208. The van der Waals surface area contributed by atoms with Crippen molar-refractivity contribution in [2.75, 3.05) is 13.7 Å². The Bertz CT molecular complexity index is 1560. The Morgan fingerprint density at radius 2 is 1.85 bits per heavy atom. The molecule has 0 aliphatic heterocycles. The van der Waals surface area contributed by atoms with Crippen LogP contribution in [0, 0.1) is 13.8 Å². The molecule has 4 heterocycles. The molecular formula is C24H23N5O4S. The van der Waals surface area contributed by atoms with Crippen molar-refractivity contribution in [3.63, 3.8) is 0 Å². The van der Waals surface area contributed by atoms with E-state index >= 15 is 0 Å². The fourth-order valence-electron chi connectivity index (χ4n) is 4.03. The minimum absolute atomic E-state index is 0.192. The van der Waals surface area contributed by atoms with Gasteiger partial charge in [-0.2, -0.15) is 5.10 Å². The van der Waals surface area contributed by atoms with Crippen molar-refractivity contribution < 1.29 is 17.7 Å². The lowest BCUT2D eigenvalue weighted by Crippen LogP contribution is -2.11. The highest BCUT2D eigenvalue weighted by Crippen LogP contribution is 2.35. The smallest absolute Gasteiger partial charge is 0.268 e. The Morgan fingerprint density at radius 3 is 2.56 bits per heavy atom. The van der Waals surface area contributed by atoms with Gasteiger partial charge in [0, 0.05) is 48.0 Å². The molecule has 10 heteroatoms. The zero-order chi connectivity index (χ0) is 23.9. The Balaban J connectivity index is 1.74. The first-order chi connectivity index (χ1) is 16.4. The Morgan fingerprint density at radius 1 is 1.06 bits per heavy atom. The number of rotatable bonds is 7. The van der Waals surface area contributed by atoms with E-state index in [0.717, 1.165) is 16.7 Å². The zero-order valence-corrected chi connectivity index (χ0v) is 19.8. The number of hydrogen-bond donors (Lipinski definition) is 0. The first-order valence-corrected chi connectivity index (χ1v) is 12.1. The van der Waals surface area contributed by atoms with Crippen molar-refractivity contribution in [3.05, 3.63) is 72.6 Å². The lowest BCUT2D eigenvalue weighted by Gasteiger charge is -2.08. The summed E-state index contributed by atoms with van der Waals surface area (Å²) in [6, 6.07) is 10.2. The second kappa shape index (κ2) is 8.54. The summed E-state index contributed by atoms with van der Waals surface area (Å²) in [4.78, 5) is 4.87. The van der Waals surface area contributed by atoms with Crippen LogP contribution in [-0.2, 0) is 21.3 Å². The second-order valence-corrected chi connectivity index (χ2v) is 9.75. The van der Waals surface area contributed by atoms with Crippen LogP contribution in [0.15, 0.2) is 70.6 Å². The molecule has 0 fully saturated rings. The number of nitrogens with zero attached hydrogens (tertiary/aromatic N) is 5. The van der Waals surface area contributed by atoms with Gasteiger partial charge in [-0.25, -0.2) is 12.4 Å². The van der Waals surface area contributed by atoms with Crippen LogP contribution in [-0.4, -0.2) is 46.0 Å². The summed E-state index contributed by atoms with van der Waals surface area (Å²) in [6.07, 6.45) is 6.88. The van der Waals surface area contributed by atoms with E-state index in [9.17, 15) is 8.42 Å². The molecule has 0 amide bonds. The SMILES string of the molecule is COCCn1cc(-c2cn(S(=O)(=O)c3ccccc3)c3cc(-c4c(C)noc4C)cnc23)cn1. The summed E-state index contributed by atoms with van der Waals surface area (Å²) in [5, 5.41) is 8.40. The zero-order valence-electron chi connectivity index (χ0n) is 19.0. The van der Waals surface area contributed by atoms with Crippen LogP contribution in [0.3, 0.4) is 0 Å². The Hall–Kier alpha value is -3.76. The molecule has 0 unspecified atom stereocenters. The second-order valence-electron chi connectivity index (χ2n) is 7.93. The van der Waals surface area contributed by atoms with Gasteiger partial charge in [0.2, 0.25) is 0 Å². The molecule has 0 saturated carbocycles. The van der Waals surface area contributed by atoms with Crippen molar-refractivity contribution >= 4 is 21.1 Å².